The van der Waals surface area contributed by atoms with Crippen LogP contribution < -0.4 is 25.4 Å². The third-order valence-corrected chi connectivity index (χ3v) is 13.6. The Bertz CT molecular complexity index is 1360. The summed E-state index contributed by atoms with van der Waals surface area (Å²) in [7, 11) is -2.81. The van der Waals surface area contributed by atoms with Crippen molar-refractivity contribution in [3.8, 4) is 5.75 Å². The summed E-state index contributed by atoms with van der Waals surface area (Å²) in [6, 6.07) is 26.8. The summed E-state index contributed by atoms with van der Waals surface area (Å²) >= 11 is 1.64. The predicted molar refractivity (Wildman–Crippen MR) is 185 cm³/mol. The molecule has 44 heavy (non-hydrogen) atoms. The zero-order valence-electron chi connectivity index (χ0n) is 27.2. The maximum absolute atomic E-state index is 13.6. The first-order chi connectivity index (χ1) is 20.8. The number of thioether (sulfide) groups is 1. The normalized spacial score (nSPS) is 15.9. The number of benzene rings is 3. The van der Waals surface area contributed by atoms with Crippen LogP contribution in [0, 0.1) is 0 Å². The summed E-state index contributed by atoms with van der Waals surface area (Å²) in [5, 5.41) is 8.34. The van der Waals surface area contributed by atoms with Crippen LogP contribution in [0.3, 0.4) is 0 Å². The van der Waals surface area contributed by atoms with Crippen molar-refractivity contribution >= 4 is 42.5 Å². The van der Waals surface area contributed by atoms with E-state index in [1.165, 1.54) is 15.9 Å². The Hall–Kier alpha value is -3.23. The Balaban J connectivity index is 1.66. The molecule has 0 aliphatic heterocycles. The third kappa shape index (κ3) is 8.07. The number of aryl methyl sites for hydroxylation is 1. The molecular weight excluding hydrogens is 585 g/mol. The van der Waals surface area contributed by atoms with Crippen molar-refractivity contribution in [1.82, 2.24) is 10.6 Å². The van der Waals surface area contributed by atoms with Gasteiger partial charge < -0.3 is 19.8 Å². The van der Waals surface area contributed by atoms with Crippen LogP contribution in [0.2, 0.25) is 5.04 Å². The van der Waals surface area contributed by atoms with E-state index < -0.39 is 26.1 Å². The van der Waals surface area contributed by atoms with E-state index in [4.69, 9.17) is 9.16 Å². The van der Waals surface area contributed by atoms with Gasteiger partial charge in [-0.05, 0) is 97.1 Å². The van der Waals surface area contributed by atoms with Crippen LogP contribution in [0.1, 0.15) is 78.0 Å². The van der Waals surface area contributed by atoms with Gasteiger partial charge in [0.2, 0.25) is 5.91 Å². The highest BCUT2D eigenvalue weighted by molar-refractivity contribution is 7.98. The summed E-state index contributed by atoms with van der Waals surface area (Å²) in [5.74, 6) is 1.36. The number of nitrogens with one attached hydrogen (secondary N) is 2. The van der Waals surface area contributed by atoms with Crippen molar-refractivity contribution in [2.24, 2.45) is 0 Å². The second-order valence-electron chi connectivity index (χ2n) is 13.6. The molecule has 236 valence electrons. The molecule has 0 radical (unpaired) electrons. The topological polar surface area (TPSA) is 76.7 Å². The van der Waals surface area contributed by atoms with E-state index in [1.807, 2.05) is 39.2 Å². The van der Waals surface area contributed by atoms with Gasteiger partial charge in [0.1, 0.15) is 17.4 Å². The van der Waals surface area contributed by atoms with Gasteiger partial charge in [-0.2, -0.15) is 11.8 Å². The lowest BCUT2D eigenvalue weighted by Crippen LogP contribution is -2.68. The van der Waals surface area contributed by atoms with E-state index in [1.54, 1.807) is 11.8 Å². The minimum Gasteiger partial charge on any atom is -0.534 e. The van der Waals surface area contributed by atoms with E-state index in [-0.39, 0.29) is 17.0 Å². The minimum absolute atomic E-state index is 0.170. The van der Waals surface area contributed by atoms with E-state index in [2.05, 4.69) is 98.1 Å². The highest BCUT2D eigenvalue weighted by atomic mass is 32.2. The molecule has 4 rings (SSSR count). The number of hydrogen-bond acceptors (Lipinski definition) is 5. The lowest BCUT2D eigenvalue weighted by molar-refractivity contribution is -0.124. The Kier molecular flexibility index (Phi) is 10.9. The number of carbonyl (C=O) groups excluding carboxylic acids is 2. The van der Waals surface area contributed by atoms with E-state index in [9.17, 15) is 9.59 Å². The molecular formula is C36H48N2O4SSi. The fourth-order valence-corrected chi connectivity index (χ4v) is 10.9. The van der Waals surface area contributed by atoms with Gasteiger partial charge in [-0.25, -0.2) is 4.79 Å². The van der Waals surface area contributed by atoms with Crippen molar-refractivity contribution in [3.05, 3.63) is 90.0 Å². The molecule has 0 saturated carbocycles. The van der Waals surface area contributed by atoms with Crippen molar-refractivity contribution in [2.75, 3.05) is 12.0 Å². The van der Waals surface area contributed by atoms with Crippen LogP contribution >= 0.6 is 11.8 Å². The number of alkyl carbamates (subject to hydrolysis) is 1. The number of hydrogen-bond donors (Lipinski definition) is 2. The average molecular weight is 633 g/mol. The quantitative estimate of drug-likeness (QED) is 0.242. The molecule has 2 amide bonds. The van der Waals surface area contributed by atoms with Crippen LogP contribution in [0.25, 0.3) is 0 Å². The van der Waals surface area contributed by atoms with E-state index >= 15 is 0 Å². The van der Waals surface area contributed by atoms with Crippen LogP contribution in [-0.4, -0.2) is 44.0 Å². The molecule has 6 nitrogen and oxygen atoms in total. The number of amides is 2. The highest BCUT2D eigenvalue weighted by Gasteiger charge is 2.52. The molecule has 0 saturated heterocycles. The lowest BCUT2D eigenvalue weighted by Gasteiger charge is -2.43. The molecule has 1 aliphatic carbocycles. The molecule has 2 atom stereocenters. The average Bonchev–Trinajstić information content (AvgIpc) is 2.97. The summed E-state index contributed by atoms with van der Waals surface area (Å²) in [5.41, 5.74) is 1.66. The summed E-state index contributed by atoms with van der Waals surface area (Å²) in [4.78, 5) is 26.2. The maximum Gasteiger partial charge on any atom is 0.408 e. The van der Waals surface area contributed by atoms with Gasteiger partial charge in [0, 0.05) is 0 Å². The molecule has 3 aromatic rings. The van der Waals surface area contributed by atoms with E-state index in [0.717, 1.165) is 36.3 Å². The van der Waals surface area contributed by atoms with Crippen molar-refractivity contribution in [1.29, 1.82) is 0 Å². The summed E-state index contributed by atoms with van der Waals surface area (Å²) in [6.45, 7) is 12.3. The first-order valence-electron chi connectivity index (χ1n) is 15.6. The first-order valence-corrected chi connectivity index (χ1v) is 18.9. The highest BCUT2D eigenvalue weighted by Crippen LogP contribution is 2.39. The third-order valence-electron chi connectivity index (χ3n) is 8.05. The van der Waals surface area contributed by atoms with Crippen molar-refractivity contribution in [2.45, 2.75) is 89.9 Å². The minimum atomic E-state index is -2.81. The maximum atomic E-state index is 13.6. The zero-order chi connectivity index (χ0) is 32.0. The van der Waals surface area contributed by atoms with Crippen LogP contribution in [-0.2, 0) is 16.0 Å². The van der Waals surface area contributed by atoms with Gasteiger partial charge in [-0.1, -0.05) is 87.5 Å². The van der Waals surface area contributed by atoms with E-state index in [0.29, 0.717) is 6.42 Å². The smallest absolute Gasteiger partial charge is 0.408 e. The van der Waals surface area contributed by atoms with Crippen LogP contribution in [0.4, 0.5) is 4.79 Å². The largest absolute Gasteiger partial charge is 0.534 e. The lowest BCUT2D eigenvalue weighted by atomic mass is 9.87. The van der Waals surface area contributed by atoms with Crippen molar-refractivity contribution in [3.63, 3.8) is 0 Å². The molecule has 0 heterocycles. The van der Waals surface area contributed by atoms with Gasteiger partial charge in [0.25, 0.3) is 0 Å². The molecule has 1 aliphatic rings. The van der Waals surface area contributed by atoms with Crippen molar-refractivity contribution < 1.29 is 18.8 Å². The molecule has 2 N–H and O–H groups in total. The van der Waals surface area contributed by atoms with Gasteiger partial charge >= 0.3 is 14.4 Å². The summed E-state index contributed by atoms with van der Waals surface area (Å²) < 4.78 is 12.8. The SMILES string of the molecule is CSCC[C@H](NC(=O)OC(C)(C)C)C(=O)N[C@@H]1CCCc2ccc(O[Si](c3ccccc3)(c3ccccc3)C(C)(C)C)cc21. The summed E-state index contributed by atoms with van der Waals surface area (Å²) in [6.07, 6.45) is 4.68. The van der Waals surface area contributed by atoms with Gasteiger partial charge in [0.05, 0.1) is 6.04 Å². The molecule has 0 bridgehead atoms. The molecule has 0 spiro atoms. The Morgan fingerprint density at radius 1 is 0.932 bits per heavy atom. The predicted octanol–water partition coefficient (Wildman–Crippen LogP) is 6.77. The van der Waals surface area contributed by atoms with Gasteiger partial charge in [0.15, 0.2) is 0 Å². The molecule has 0 fully saturated rings. The monoisotopic (exact) mass is 632 g/mol. The molecule has 0 aromatic heterocycles. The standard InChI is InChI=1S/C36H48N2O4SSi/c1-35(2,3)41-34(40)38-32(23-24-43-7)33(39)37-31-20-14-15-26-21-22-27(25-30(26)31)42-44(36(4,5)6,28-16-10-8-11-17-28)29-18-12-9-13-19-29/h8-13,16-19,21-22,25,31-32H,14-15,20,23-24H2,1-7H3,(H,37,39)(H,38,40)/t31-,32+/m1/s1. The molecule has 8 heteroatoms. The fraction of sp³-hybridized carbons (Fsp3) is 0.444. The van der Waals surface area contributed by atoms with Crippen LogP contribution in [0.5, 0.6) is 5.75 Å². The number of rotatable bonds is 10. The van der Waals surface area contributed by atoms with Crippen LogP contribution in [0.15, 0.2) is 78.9 Å². The second-order valence-corrected chi connectivity index (χ2v) is 18.8. The Morgan fingerprint density at radius 2 is 1.55 bits per heavy atom. The first kappa shape index (κ1) is 33.7. The number of ether oxygens (including phenoxy) is 1. The number of fused-ring (bicyclic) bond motifs is 1. The van der Waals surface area contributed by atoms with Gasteiger partial charge in [-0.15, -0.1) is 0 Å². The fourth-order valence-electron chi connectivity index (χ4n) is 6.04. The molecule has 3 aromatic carbocycles. The zero-order valence-corrected chi connectivity index (χ0v) is 29.1. The number of carbonyl (C=O) groups is 2. The molecule has 0 unspecified atom stereocenters. The van der Waals surface area contributed by atoms with Gasteiger partial charge in [-0.3, -0.25) is 4.79 Å². The Morgan fingerprint density at radius 3 is 2.09 bits per heavy atom. The Labute approximate surface area is 268 Å². The second kappa shape index (κ2) is 14.2.